The van der Waals surface area contributed by atoms with Gasteiger partial charge in [-0.15, -0.1) is 0 Å². The van der Waals surface area contributed by atoms with Crippen molar-refractivity contribution in [1.29, 1.82) is 0 Å². The third kappa shape index (κ3) is 1.80. The fourth-order valence-electron chi connectivity index (χ4n) is 2.29. The van der Waals surface area contributed by atoms with E-state index in [1.54, 1.807) is 32.0 Å². The highest BCUT2D eigenvalue weighted by molar-refractivity contribution is 9.10. The number of fused-ring (bicyclic) bond motifs is 3. The minimum atomic E-state index is -0.863. The SMILES string of the molecule is CN1C(=O)C(C)(C)Oc2c1cnc1ccc(Br)cc21. The average molecular weight is 321 g/mol. The third-order valence-electron chi connectivity index (χ3n) is 3.30. The van der Waals surface area contributed by atoms with Crippen LogP contribution in [-0.4, -0.2) is 23.5 Å². The summed E-state index contributed by atoms with van der Waals surface area (Å²) in [6.45, 7) is 3.55. The Bertz CT molecular complexity index is 697. The molecule has 0 spiro atoms. The molecule has 0 saturated heterocycles. The molecule has 0 saturated carbocycles. The Morgan fingerprint density at radius 2 is 2.11 bits per heavy atom. The van der Waals surface area contributed by atoms with Crippen LogP contribution in [0.5, 0.6) is 5.75 Å². The zero-order chi connectivity index (χ0) is 13.8. The van der Waals surface area contributed by atoms with Crippen molar-refractivity contribution in [2.24, 2.45) is 0 Å². The van der Waals surface area contributed by atoms with Crippen LogP contribution in [0.1, 0.15) is 13.8 Å². The van der Waals surface area contributed by atoms with E-state index in [0.717, 1.165) is 15.4 Å². The second-order valence-electron chi connectivity index (χ2n) is 5.11. The molecule has 0 atom stereocenters. The van der Waals surface area contributed by atoms with Gasteiger partial charge in [0.15, 0.2) is 11.4 Å². The zero-order valence-corrected chi connectivity index (χ0v) is 12.5. The van der Waals surface area contributed by atoms with Crippen LogP contribution in [-0.2, 0) is 4.79 Å². The summed E-state index contributed by atoms with van der Waals surface area (Å²) in [5, 5.41) is 0.902. The molecule has 0 N–H and O–H groups in total. The fraction of sp³-hybridized carbons (Fsp3) is 0.286. The van der Waals surface area contributed by atoms with E-state index in [1.807, 2.05) is 18.2 Å². The highest BCUT2D eigenvalue weighted by atomic mass is 79.9. The summed E-state index contributed by atoms with van der Waals surface area (Å²) < 4.78 is 6.87. The van der Waals surface area contributed by atoms with Gasteiger partial charge in [0.25, 0.3) is 5.91 Å². The van der Waals surface area contributed by atoms with Crippen molar-refractivity contribution in [3.05, 3.63) is 28.9 Å². The van der Waals surface area contributed by atoms with Crippen LogP contribution < -0.4 is 9.64 Å². The van der Waals surface area contributed by atoms with Gasteiger partial charge in [0.2, 0.25) is 0 Å². The topological polar surface area (TPSA) is 42.4 Å². The van der Waals surface area contributed by atoms with Gasteiger partial charge in [0.1, 0.15) is 5.69 Å². The molecule has 98 valence electrons. The molecule has 0 fully saturated rings. The Hall–Kier alpha value is -1.62. The monoisotopic (exact) mass is 320 g/mol. The number of aromatic nitrogens is 1. The first-order chi connectivity index (χ1) is 8.90. The Labute approximate surface area is 119 Å². The number of hydrogen-bond donors (Lipinski definition) is 0. The Balaban J connectivity index is 2.33. The number of rotatable bonds is 0. The van der Waals surface area contributed by atoms with Crippen LogP contribution in [0.25, 0.3) is 10.9 Å². The number of carbonyl (C=O) groups is 1. The van der Waals surface area contributed by atoms with Gasteiger partial charge in [-0.05, 0) is 32.0 Å². The molecule has 3 rings (SSSR count). The van der Waals surface area contributed by atoms with Crippen LogP contribution in [0.4, 0.5) is 5.69 Å². The maximum atomic E-state index is 12.2. The number of carbonyl (C=O) groups excluding carboxylic acids is 1. The normalized spacial score (nSPS) is 17.3. The Kier molecular flexibility index (Phi) is 2.57. The molecule has 0 bridgehead atoms. The number of pyridine rings is 1. The maximum Gasteiger partial charge on any atom is 0.270 e. The first-order valence-corrected chi connectivity index (χ1v) is 6.75. The van der Waals surface area contributed by atoms with Crippen LogP contribution in [0.15, 0.2) is 28.9 Å². The molecule has 2 heterocycles. The molecule has 1 aromatic heterocycles. The third-order valence-corrected chi connectivity index (χ3v) is 3.79. The van der Waals surface area contributed by atoms with Gasteiger partial charge < -0.3 is 9.64 Å². The van der Waals surface area contributed by atoms with E-state index in [4.69, 9.17) is 4.74 Å². The Morgan fingerprint density at radius 1 is 1.37 bits per heavy atom. The van der Waals surface area contributed by atoms with E-state index >= 15 is 0 Å². The lowest BCUT2D eigenvalue weighted by Crippen LogP contribution is -2.51. The van der Waals surface area contributed by atoms with E-state index in [9.17, 15) is 4.79 Å². The first kappa shape index (κ1) is 12.4. The van der Waals surface area contributed by atoms with Crippen LogP contribution in [0, 0.1) is 0 Å². The number of ether oxygens (including phenoxy) is 1. The van der Waals surface area contributed by atoms with E-state index in [2.05, 4.69) is 20.9 Å². The van der Waals surface area contributed by atoms with Crippen molar-refractivity contribution < 1.29 is 9.53 Å². The van der Waals surface area contributed by atoms with Gasteiger partial charge in [-0.2, -0.15) is 0 Å². The number of anilines is 1. The van der Waals surface area contributed by atoms with Crippen molar-refractivity contribution >= 4 is 38.4 Å². The minimum Gasteiger partial charge on any atom is -0.475 e. The lowest BCUT2D eigenvalue weighted by atomic mass is 10.0. The number of hydrogen-bond acceptors (Lipinski definition) is 3. The highest BCUT2D eigenvalue weighted by Crippen LogP contribution is 2.41. The molecule has 2 aromatic rings. The number of amides is 1. The highest BCUT2D eigenvalue weighted by Gasteiger charge is 2.40. The standard InChI is InChI=1S/C14H13BrN2O2/c1-14(2)13(18)17(3)11-7-16-10-5-4-8(15)6-9(10)12(11)19-14/h4-7H,1-3H3. The van der Waals surface area contributed by atoms with Crippen LogP contribution >= 0.6 is 15.9 Å². The van der Waals surface area contributed by atoms with Crippen molar-refractivity contribution in [3.8, 4) is 5.75 Å². The number of nitrogens with zero attached hydrogens (tertiary/aromatic N) is 2. The van der Waals surface area contributed by atoms with E-state index in [0.29, 0.717) is 11.4 Å². The van der Waals surface area contributed by atoms with Crippen LogP contribution in [0.2, 0.25) is 0 Å². The number of likely N-dealkylation sites (N-methyl/N-ethyl adjacent to an activating group) is 1. The maximum absolute atomic E-state index is 12.2. The molecule has 1 aliphatic rings. The van der Waals surface area contributed by atoms with Gasteiger partial charge in [-0.3, -0.25) is 9.78 Å². The second kappa shape index (κ2) is 3.93. The lowest BCUT2D eigenvalue weighted by Gasteiger charge is -2.37. The van der Waals surface area contributed by atoms with E-state index in [-0.39, 0.29) is 5.91 Å². The van der Waals surface area contributed by atoms with Gasteiger partial charge in [0.05, 0.1) is 11.7 Å². The molecule has 1 amide bonds. The predicted molar refractivity (Wildman–Crippen MR) is 77.6 cm³/mol. The summed E-state index contributed by atoms with van der Waals surface area (Å²) in [4.78, 5) is 18.2. The van der Waals surface area contributed by atoms with E-state index < -0.39 is 5.60 Å². The van der Waals surface area contributed by atoms with Gasteiger partial charge >= 0.3 is 0 Å². The smallest absolute Gasteiger partial charge is 0.270 e. The predicted octanol–water partition coefficient (Wildman–Crippen LogP) is 3.13. The molecule has 4 nitrogen and oxygen atoms in total. The molecular formula is C14H13BrN2O2. The molecule has 19 heavy (non-hydrogen) atoms. The van der Waals surface area contributed by atoms with Gasteiger partial charge in [-0.1, -0.05) is 15.9 Å². The Morgan fingerprint density at radius 3 is 2.84 bits per heavy atom. The summed E-state index contributed by atoms with van der Waals surface area (Å²) in [5.74, 6) is 0.634. The zero-order valence-electron chi connectivity index (χ0n) is 10.9. The summed E-state index contributed by atoms with van der Waals surface area (Å²) in [6.07, 6.45) is 1.68. The summed E-state index contributed by atoms with van der Waals surface area (Å²) in [5.41, 5.74) is 0.689. The molecule has 1 aliphatic heterocycles. The quantitative estimate of drug-likeness (QED) is 0.749. The minimum absolute atomic E-state index is 0.0730. The van der Waals surface area contributed by atoms with Crippen molar-refractivity contribution in [1.82, 2.24) is 4.98 Å². The van der Waals surface area contributed by atoms with Crippen molar-refractivity contribution in [3.63, 3.8) is 0 Å². The molecule has 0 unspecified atom stereocenters. The second-order valence-corrected chi connectivity index (χ2v) is 6.03. The molecule has 5 heteroatoms. The molecule has 0 aliphatic carbocycles. The molecular weight excluding hydrogens is 308 g/mol. The van der Waals surface area contributed by atoms with Crippen LogP contribution in [0.3, 0.4) is 0 Å². The number of benzene rings is 1. The fourth-order valence-corrected chi connectivity index (χ4v) is 2.65. The van der Waals surface area contributed by atoms with Gasteiger partial charge in [0, 0.05) is 16.9 Å². The van der Waals surface area contributed by atoms with Gasteiger partial charge in [-0.25, -0.2) is 0 Å². The van der Waals surface area contributed by atoms with Crippen molar-refractivity contribution in [2.45, 2.75) is 19.4 Å². The summed E-state index contributed by atoms with van der Waals surface area (Å²) in [7, 11) is 1.75. The summed E-state index contributed by atoms with van der Waals surface area (Å²) >= 11 is 3.45. The molecule has 0 radical (unpaired) electrons. The van der Waals surface area contributed by atoms with E-state index in [1.165, 1.54) is 0 Å². The average Bonchev–Trinajstić information content (AvgIpc) is 2.36. The first-order valence-electron chi connectivity index (χ1n) is 5.95. The summed E-state index contributed by atoms with van der Waals surface area (Å²) in [6, 6.07) is 5.82. The largest absolute Gasteiger partial charge is 0.475 e. The lowest BCUT2D eigenvalue weighted by molar-refractivity contribution is -0.132. The number of halogens is 1. The van der Waals surface area contributed by atoms with Crippen molar-refractivity contribution in [2.75, 3.05) is 11.9 Å². The molecule has 1 aromatic carbocycles.